The maximum absolute atomic E-state index is 12.3. The Hall–Kier alpha value is -2.63. The normalized spacial score (nSPS) is 16.3. The summed E-state index contributed by atoms with van der Waals surface area (Å²) in [6.45, 7) is 5.15. The van der Waals surface area contributed by atoms with Crippen molar-refractivity contribution in [3.63, 3.8) is 0 Å². The van der Waals surface area contributed by atoms with E-state index in [1.54, 1.807) is 24.0 Å². The highest BCUT2D eigenvalue weighted by Crippen LogP contribution is 2.18. The second-order valence-corrected chi connectivity index (χ2v) is 6.47. The van der Waals surface area contributed by atoms with Crippen LogP contribution < -0.4 is 10.6 Å². The van der Waals surface area contributed by atoms with Gasteiger partial charge in [-0.15, -0.1) is 0 Å². The van der Waals surface area contributed by atoms with Crippen molar-refractivity contribution in [2.45, 2.75) is 32.7 Å². The van der Waals surface area contributed by atoms with Crippen LogP contribution in [0.25, 0.3) is 6.08 Å². The molecule has 140 valence electrons. The lowest BCUT2D eigenvalue weighted by atomic mass is 9.95. The van der Waals surface area contributed by atoms with Gasteiger partial charge < -0.3 is 15.5 Å². The Balaban J connectivity index is 1.79. The Labute approximate surface area is 154 Å². The molecule has 1 saturated heterocycles. The zero-order valence-corrected chi connectivity index (χ0v) is 15.4. The molecule has 1 atom stereocenters. The predicted molar refractivity (Wildman–Crippen MR) is 101 cm³/mol. The van der Waals surface area contributed by atoms with Crippen LogP contribution in [0.15, 0.2) is 36.4 Å². The summed E-state index contributed by atoms with van der Waals surface area (Å²) in [5, 5.41) is 5.45. The van der Waals surface area contributed by atoms with Gasteiger partial charge >= 0.3 is 0 Å². The molecular weight excluding hydrogens is 330 g/mol. The van der Waals surface area contributed by atoms with Gasteiger partial charge in [0.25, 0.3) is 0 Å². The Morgan fingerprint density at radius 1 is 1.19 bits per heavy atom. The molecule has 6 nitrogen and oxygen atoms in total. The first-order valence-electron chi connectivity index (χ1n) is 9.11. The summed E-state index contributed by atoms with van der Waals surface area (Å²) in [6.07, 6.45) is 4.60. The Morgan fingerprint density at radius 3 is 2.46 bits per heavy atom. The SMILES string of the molecule is CCNC(=O)[C@@H](C)NC(=O)C1CCN(C(=O)/C=C\c2ccccc2)CC1. The van der Waals surface area contributed by atoms with E-state index in [1.165, 1.54) is 0 Å². The smallest absolute Gasteiger partial charge is 0.246 e. The maximum atomic E-state index is 12.3. The number of nitrogens with one attached hydrogen (secondary N) is 2. The van der Waals surface area contributed by atoms with Crippen molar-refractivity contribution >= 4 is 23.8 Å². The summed E-state index contributed by atoms with van der Waals surface area (Å²) in [5.41, 5.74) is 0.981. The number of hydrogen-bond acceptors (Lipinski definition) is 3. The fourth-order valence-corrected chi connectivity index (χ4v) is 2.92. The molecule has 0 aromatic heterocycles. The van der Waals surface area contributed by atoms with Crippen LogP contribution in [0.5, 0.6) is 0 Å². The summed E-state index contributed by atoms with van der Waals surface area (Å²) >= 11 is 0. The molecule has 0 saturated carbocycles. The van der Waals surface area contributed by atoms with E-state index in [-0.39, 0.29) is 23.6 Å². The van der Waals surface area contributed by atoms with Gasteiger partial charge in [0.1, 0.15) is 6.04 Å². The summed E-state index contributed by atoms with van der Waals surface area (Å²) in [7, 11) is 0. The second-order valence-electron chi connectivity index (χ2n) is 6.47. The fourth-order valence-electron chi connectivity index (χ4n) is 2.92. The van der Waals surface area contributed by atoms with Gasteiger partial charge in [-0.05, 0) is 38.3 Å². The van der Waals surface area contributed by atoms with Crippen LogP contribution in [0.3, 0.4) is 0 Å². The van der Waals surface area contributed by atoms with E-state index in [2.05, 4.69) is 10.6 Å². The number of rotatable bonds is 6. The van der Waals surface area contributed by atoms with Gasteiger partial charge in [0, 0.05) is 31.6 Å². The molecular formula is C20H27N3O3. The van der Waals surface area contributed by atoms with Gasteiger partial charge in [0.2, 0.25) is 17.7 Å². The summed E-state index contributed by atoms with van der Waals surface area (Å²) in [4.78, 5) is 38.0. The van der Waals surface area contributed by atoms with Gasteiger partial charge in [-0.2, -0.15) is 0 Å². The summed E-state index contributed by atoms with van der Waals surface area (Å²) < 4.78 is 0. The minimum Gasteiger partial charge on any atom is -0.355 e. The average Bonchev–Trinajstić information content (AvgIpc) is 2.67. The van der Waals surface area contributed by atoms with E-state index in [0.29, 0.717) is 32.5 Å². The number of hydrogen-bond donors (Lipinski definition) is 2. The van der Waals surface area contributed by atoms with E-state index in [9.17, 15) is 14.4 Å². The Bertz CT molecular complexity index is 650. The molecule has 2 N–H and O–H groups in total. The van der Waals surface area contributed by atoms with E-state index in [4.69, 9.17) is 0 Å². The highest BCUT2D eigenvalue weighted by molar-refractivity contribution is 5.92. The van der Waals surface area contributed by atoms with Gasteiger partial charge in [-0.1, -0.05) is 30.3 Å². The molecule has 26 heavy (non-hydrogen) atoms. The molecule has 1 fully saturated rings. The first-order valence-corrected chi connectivity index (χ1v) is 9.11. The Kier molecular flexibility index (Phi) is 7.38. The fraction of sp³-hybridized carbons (Fsp3) is 0.450. The largest absolute Gasteiger partial charge is 0.355 e. The van der Waals surface area contributed by atoms with Crippen LogP contribution in [-0.4, -0.2) is 48.3 Å². The van der Waals surface area contributed by atoms with Crippen molar-refractivity contribution in [1.82, 2.24) is 15.5 Å². The summed E-state index contributed by atoms with van der Waals surface area (Å²) in [6, 6.07) is 9.12. The highest BCUT2D eigenvalue weighted by Gasteiger charge is 2.28. The molecule has 0 spiro atoms. The average molecular weight is 357 g/mol. The first-order chi connectivity index (χ1) is 12.5. The molecule has 1 aliphatic heterocycles. The molecule has 0 bridgehead atoms. The zero-order valence-electron chi connectivity index (χ0n) is 15.4. The van der Waals surface area contributed by atoms with Gasteiger partial charge in [-0.25, -0.2) is 0 Å². The second kappa shape index (κ2) is 9.75. The lowest BCUT2D eigenvalue weighted by Gasteiger charge is -2.31. The number of nitrogens with zero attached hydrogens (tertiary/aromatic N) is 1. The number of amides is 3. The van der Waals surface area contributed by atoms with Crippen molar-refractivity contribution in [3.8, 4) is 0 Å². The van der Waals surface area contributed by atoms with Crippen LogP contribution in [-0.2, 0) is 14.4 Å². The lowest BCUT2D eigenvalue weighted by molar-refractivity contribution is -0.134. The van der Waals surface area contributed by atoms with Crippen molar-refractivity contribution in [2.75, 3.05) is 19.6 Å². The predicted octanol–water partition coefficient (Wildman–Crippen LogP) is 1.58. The highest BCUT2D eigenvalue weighted by atomic mass is 16.2. The molecule has 3 amide bonds. The maximum Gasteiger partial charge on any atom is 0.246 e. The van der Waals surface area contributed by atoms with E-state index >= 15 is 0 Å². The monoisotopic (exact) mass is 357 g/mol. The first kappa shape index (κ1) is 19.7. The molecule has 1 aromatic rings. The molecule has 2 rings (SSSR count). The van der Waals surface area contributed by atoms with Crippen LogP contribution >= 0.6 is 0 Å². The minimum atomic E-state index is -0.545. The van der Waals surface area contributed by atoms with E-state index in [0.717, 1.165) is 5.56 Å². The quantitative estimate of drug-likeness (QED) is 0.759. The number of carbonyl (C=O) groups excluding carboxylic acids is 3. The third-order valence-electron chi connectivity index (χ3n) is 4.50. The number of piperidine rings is 1. The van der Waals surface area contributed by atoms with Crippen molar-refractivity contribution in [3.05, 3.63) is 42.0 Å². The van der Waals surface area contributed by atoms with Crippen molar-refractivity contribution in [1.29, 1.82) is 0 Å². The number of likely N-dealkylation sites (N-methyl/N-ethyl adjacent to an activating group) is 1. The van der Waals surface area contributed by atoms with Crippen molar-refractivity contribution < 1.29 is 14.4 Å². The Morgan fingerprint density at radius 2 is 1.85 bits per heavy atom. The van der Waals surface area contributed by atoms with Crippen LogP contribution in [0.1, 0.15) is 32.3 Å². The number of carbonyl (C=O) groups is 3. The van der Waals surface area contributed by atoms with Gasteiger partial charge in [-0.3, -0.25) is 14.4 Å². The topological polar surface area (TPSA) is 78.5 Å². The van der Waals surface area contributed by atoms with Gasteiger partial charge in [0.15, 0.2) is 0 Å². The van der Waals surface area contributed by atoms with Crippen LogP contribution in [0.4, 0.5) is 0 Å². The molecule has 1 aliphatic rings. The number of likely N-dealkylation sites (tertiary alicyclic amines) is 1. The van der Waals surface area contributed by atoms with Crippen molar-refractivity contribution in [2.24, 2.45) is 5.92 Å². The third kappa shape index (κ3) is 5.72. The molecule has 0 unspecified atom stereocenters. The third-order valence-corrected chi connectivity index (χ3v) is 4.50. The number of benzene rings is 1. The molecule has 1 aromatic carbocycles. The molecule has 0 aliphatic carbocycles. The summed E-state index contributed by atoms with van der Waals surface area (Å²) in [5.74, 6) is -0.493. The zero-order chi connectivity index (χ0) is 18.9. The molecule has 6 heteroatoms. The standard InChI is InChI=1S/C20H27N3O3/c1-3-21-19(25)15(2)22-20(26)17-11-13-23(14-12-17)18(24)10-9-16-7-5-4-6-8-16/h4-10,15,17H,3,11-14H2,1-2H3,(H,21,25)(H,22,26)/b10-9-/t15-/m1/s1. The molecule has 1 heterocycles. The van der Waals surface area contributed by atoms with Gasteiger partial charge in [0.05, 0.1) is 0 Å². The molecule has 0 radical (unpaired) electrons. The van der Waals surface area contributed by atoms with E-state index < -0.39 is 6.04 Å². The van der Waals surface area contributed by atoms with Crippen LogP contribution in [0, 0.1) is 5.92 Å². The van der Waals surface area contributed by atoms with Crippen LogP contribution in [0.2, 0.25) is 0 Å². The lowest BCUT2D eigenvalue weighted by Crippen LogP contribution is -2.49. The minimum absolute atomic E-state index is 0.0385. The van der Waals surface area contributed by atoms with E-state index in [1.807, 2.05) is 37.3 Å².